The van der Waals surface area contributed by atoms with E-state index in [1.54, 1.807) is 127 Å². The smallest absolute Gasteiger partial charge is 0.419 e. The van der Waals surface area contributed by atoms with Gasteiger partial charge in [0, 0.05) is 58.8 Å². The standard InChI is InChI=1S/C61H82N10O10/c1-12-13-15-28-46(64-53(73)39(4)38(2)3)54(74)68-50(37-45-35-43-27-19-21-31-52(43)71(45)59(79)81-61(9,10)11)57(77)65-47(29-22-23-32-63-69-62)55(75)67-49(33-41-24-16-14-17-25-41)56(76)66-48(40(5)72)36-44-34-42-26-18-20-30-51(42)70(44)58(78)80-60(6,7)8/h14,16-21,24-27,30-31,34-35,38-39,46-50H,12-13,15,22-23,28-29,32-33,36-37H2,1-11H3,(H,64,73)(H,65,77)(H,66,76)(H,67,75)(H,68,74). The third kappa shape index (κ3) is 19.1. The normalized spacial score (nSPS) is 13.9. The first-order chi connectivity index (χ1) is 38.3. The lowest BCUT2D eigenvalue weighted by molar-refractivity contribution is -0.135. The lowest BCUT2D eigenvalue weighted by Crippen LogP contribution is -2.59. The average molecular weight is 1120 g/mol. The lowest BCUT2D eigenvalue weighted by atomic mass is 9.96. The van der Waals surface area contributed by atoms with Gasteiger partial charge in [0.2, 0.25) is 29.5 Å². The highest BCUT2D eigenvalue weighted by molar-refractivity contribution is 5.98. The zero-order chi connectivity index (χ0) is 59.6. The van der Waals surface area contributed by atoms with E-state index in [4.69, 9.17) is 15.0 Å². The summed E-state index contributed by atoms with van der Waals surface area (Å²) in [6.07, 6.45) is 1.17. The van der Waals surface area contributed by atoms with E-state index in [-0.39, 0.29) is 56.9 Å². The third-order valence-corrected chi connectivity index (χ3v) is 13.7. The van der Waals surface area contributed by atoms with Gasteiger partial charge in [0.25, 0.3) is 0 Å². The summed E-state index contributed by atoms with van der Waals surface area (Å²) in [7, 11) is 0. The highest BCUT2D eigenvalue weighted by atomic mass is 16.6. The molecule has 6 atom stereocenters. The number of hydrogen-bond acceptors (Lipinski definition) is 11. The number of ether oxygens (including phenoxy) is 2. The second-order valence-electron chi connectivity index (χ2n) is 23.0. The molecule has 0 saturated heterocycles. The van der Waals surface area contributed by atoms with Crippen molar-refractivity contribution in [2.75, 3.05) is 6.54 Å². The predicted molar refractivity (Wildman–Crippen MR) is 311 cm³/mol. The molecule has 0 radical (unpaired) electrons. The van der Waals surface area contributed by atoms with Gasteiger partial charge in [0.15, 0.2) is 5.78 Å². The summed E-state index contributed by atoms with van der Waals surface area (Å²) in [6.45, 7) is 19.4. The van der Waals surface area contributed by atoms with Gasteiger partial charge in [-0.15, -0.1) is 0 Å². The number of rotatable bonds is 27. The molecule has 20 heteroatoms. The minimum absolute atomic E-state index is 0.0227. The third-order valence-electron chi connectivity index (χ3n) is 13.7. The molecular weight excluding hydrogens is 1030 g/mol. The maximum absolute atomic E-state index is 15.1. The fraction of sp³-hybridized carbons (Fsp3) is 0.508. The maximum atomic E-state index is 15.1. The predicted octanol–water partition coefficient (Wildman–Crippen LogP) is 9.56. The second kappa shape index (κ2) is 29.5. The van der Waals surface area contributed by atoms with E-state index < -0.39 is 88.9 Å². The average Bonchev–Trinajstić information content (AvgIpc) is 3.96. The first kappa shape index (κ1) is 63.8. The van der Waals surface area contributed by atoms with Crippen molar-refractivity contribution in [2.24, 2.45) is 17.0 Å². The summed E-state index contributed by atoms with van der Waals surface area (Å²) in [5.74, 6) is -4.24. The van der Waals surface area contributed by atoms with Crippen LogP contribution in [0.5, 0.6) is 0 Å². The number of nitrogens with zero attached hydrogens (tertiary/aromatic N) is 5. The number of azide groups is 1. The summed E-state index contributed by atoms with van der Waals surface area (Å²) in [6, 6.07) is 20.2. The van der Waals surface area contributed by atoms with Crippen molar-refractivity contribution < 1.29 is 47.8 Å². The lowest BCUT2D eigenvalue weighted by Gasteiger charge is -2.28. The molecule has 0 fully saturated rings. The number of ketones is 1. The van der Waals surface area contributed by atoms with Crippen molar-refractivity contribution in [3.63, 3.8) is 0 Å². The Hall–Kier alpha value is -7.99. The van der Waals surface area contributed by atoms with E-state index in [1.807, 2.05) is 32.9 Å². The SMILES string of the molecule is CCCCCC(NC(=O)C(C)C(C)C)C(=O)NC(Cc1cc2ccccc2n1C(=O)OC(C)(C)C)C(=O)NC(CCCCN=[N+]=[N-])C(=O)NC(Cc1ccccc1)C(=O)NC(Cc1cc2ccccc2n1C(=O)OC(C)(C)C)C(C)=O. The van der Waals surface area contributed by atoms with Crippen LogP contribution in [-0.2, 0) is 57.5 Å². The number of amides is 5. The monoisotopic (exact) mass is 1110 g/mol. The van der Waals surface area contributed by atoms with Crippen molar-refractivity contribution in [3.8, 4) is 0 Å². The summed E-state index contributed by atoms with van der Waals surface area (Å²) in [5, 5.41) is 19.3. The second-order valence-corrected chi connectivity index (χ2v) is 23.0. The molecule has 6 unspecified atom stereocenters. The van der Waals surface area contributed by atoms with Crippen molar-refractivity contribution in [1.82, 2.24) is 35.7 Å². The van der Waals surface area contributed by atoms with Crippen LogP contribution in [0.2, 0.25) is 0 Å². The highest BCUT2D eigenvalue weighted by Gasteiger charge is 2.35. The molecule has 5 N–H and O–H groups in total. The van der Waals surface area contributed by atoms with E-state index in [1.165, 1.54) is 16.1 Å². The number of carbonyl (C=O) groups is 8. The Labute approximate surface area is 474 Å². The molecule has 0 aliphatic carbocycles. The van der Waals surface area contributed by atoms with E-state index in [2.05, 4.69) is 36.6 Å². The molecule has 20 nitrogen and oxygen atoms in total. The van der Waals surface area contributed by atoms with Gasteiger partial charge >= 0.3 is 12.2 Å². The Morgan fingerprint density at radius 2 is 0.951 bits per heavy atom. The fourth-order valence-electron chi connectivity index (χ4n) is 9.16. The number of aromatic nitrogens is 2. The number of hydrogen-bond donors (Lipinski definition) is 5. The number of fused-ring (bicyclic) bond motifs is 2. The van der Waals surface area contributed by atoms with Crippen LogP contribution in [0.3, 0.4) is 0 Å². The van der Waals surface area contributed by atoms with Gasteiger partial charge in [-0.1, -0.05) is 125 Å². The summed E-state index contributed by atoms with van der Waals surface area (Å²) in [5.41, 5.74) is 9.64. The van der Waals surface area contributed by atoms with Crippen LogP contribution >= 0.6 is 0 Å². The Bertz CT molecular complexity index is 3050. The van der Waals surface area contributed by atoms with Crippen molar-refractivity contribution in [1.29, 1.82) is 0 Å². The molecule has 3 aromatic carbocycles. The Morgan fingerprint density at radius 1 is 0.543 bits per heavy atom. The Morgan fingerprint density at radius 3 is 1.41 bits per heavy atom. The van der Waals surface area contributed by atoms with Crippen LogP contribution in [-0.4, -0.2) is 105 Å². The maximum Gasteiger partial charge on any atom is 0.419 e. The molecule has 5 amide bonds. The van der Waals surface area contributed by atoms with Gasteiger partial charge in [-0.25, -0.2) is 18.7 Å². The van der Waals surface area contributed by atoms with Crippen molar-refractivity contribution in [3.05, 3.63) is 118 Å². The Balaban J connectivity index is 1.54. The molecule has 436 valence electrons. The zero-order valence-corrected chi connectivity index (χ0v) is 48.8. The molecular formula is C61H82N10O10. The largest absolute Gasteiger partial charge is 0.443 e. The van der Waals surface area contributed by atoms with Crippen LogP contribution in [0.15, 0.2) is 96.1 Å². The van der Waals surface area contributed by atoms with Gasteiger partial charge in [-0.05, 0) is 109 Å². The molecule has 0 saturated carbocycles. The van der Waals surface area contributed by atoms with Gasteiger partial charge in [0.1, 0.15) is 35.4 Å². The van der Waals surface area contributed by atoms with Gasteiger partial charge < -0.3 is 36.1 Å². The van der Waals surface area contributed by atoms with E-state index >= 15 is 4.79 Å². The first-order valence-electron chi connectivity index (χ1n) is 28.0. The minimum Gasteiger partial charge on any atom is -0.443 e. The first-order valence-corrected chi connectivity index (χ1v) is 28.0. The number of Topliss-reactive ketones (excluding diaryl/α,β-unsaturated/α-hetero) is 1. The quantitative estimate of drug-likeness (QED) is 0.0144. The number of para-hydroxylation sites is 2. The topological polar surface area (TPSA) is 274 Å². The minimum atomic E-state index is -1.47. The van der Waals surface area contributed by atoms with Crippen LogP contribution in [0.25, 0.3) is 32.2 Å². The van der Waals surface area contributed by atoms with Crippen LogP contribution in [0.1, 0.15) is 138 Å². The molecule has 5 aromatic rings. The van der Waals surface area contributed by atoms with Gasteiger partial charge in [0.05, 0.1) is 17.1 Å². The molecule has 81 heavy (non-hydrogen) atoms. The van der Waals surface area contributed by atoms with Gasteiger partial charge in [-0.3, -0.25) is 28.8 Å². The number of nitrogens with one attached hydrogen (secondary N) is 5. The van der Waals surface area contributed by atoms with Crippen LogP contribution < -0.4 is 26.6 Å². The van der Waals surface area contributed by atoms with E-state index in [0.29, 0.717) is 51.6 Å². The number of unbranched alkanes of at least 4 members (excludes halogenated alkanes) is 3. The molecule has 0 spiro atoms. The van der Waals surface area contributed by atoms with Crippen molar-refractivity contribution >= 4 is 69.3 Å². The number of benzene rings is 3. The zero-order valence-electron chi connectivity index (χ0n) is 48.8. The van der Waals surface area contributed by atoms with Crippen LogP contribution in [0, 0.1) is 11.8 Å². The molecule has 0 aliphatic heterocycles. The summed E-state index contributed by atoms with van der Waals surface area (Å²) >= 11 is 0. The molecule has 0 aliphatic rings. The summed E-state index contributed by atoms with van der Waals surface area (Å²) in [4.78, 5) is 117. The molecule has 0 bridgehead atoms. The molecule has 5 rings (SSSR count). The molecule has 2 aromatic heterocycles. The van der Waals surface area contributed by atoms with E-state index in [0.717, 1.165) is 12.8 Å². The van der Waals surface area contributed by atoms with Crippen molar-refractivity contribution in [2.45, 2.75) is 182 Å². The van der Waals surface area contributed by atoms with E-state index in [9.17, 15) is 33.6 Å². The highest BCUT2D eigenvalue weighted by Crippen LogP contribution is 2.26. The van der Waals surface area contributed by atoms with Crippen LogP contribution in [0.4, 0.5) is 9.59 Å². The fourth-order valence-corrected chi connectivity index (χ4v) is 9.16. The summed E-state index contributed by atoms with van der Waals surface area (Å²) < 4.78 is 14.3. The molecule has 2 heterocycles. The van der Waals surface area contributed by atoms with Gasteiger partial charge in [-0.2, -0.15) is 0 Å². The Kier molecular flexibility index (Phi) is 23.2. The number of carbonyl (C=O) groups excluding carboxylic acids is 8.